The van der Waals surface area contributed by atoms with Crippen LogP contribution in [0.5, 0.6) is 0 Å². The molecule has 6 nitrogen and oxygen atoms in total. The van der Waals surface area contributed by atoms with E-state index >= 15 is 0 Å². The topological polar surface area (TPSA) is 70.8 Å². The zero-order valence-electron chi connectivity index (χ0n) is 14.6. The predicted octanol–water partition coefficient (Wildman–Crippen LogP) is 4.12. The highest BCUT2D eigenvalue weighted by molar-refractivity contribution is 5.63. The van der Waals surface area contributed by atoms with Crippen molar-refractivity contribution < 1.29 is 17.7 Å². The molecule has 0 saturated carbocycles. The summed E-state index contributed by atoms with van der Waals surface area (Å²) < 4.78 is 43.6. The molecule has 1 aliphatic rings. The van der Waals surface area contributed by atoms with Gasteiger partial charge in [0, 0.05) is 12.1 Å². The van der Waals surface area contributed by atoms with E-state index in [0.717, 1.165) is 42.8 Å². The molecule has 3 aromatic rings. The van der Waals surface area contributed by atoms with E-state index in [1.807, 2.05) is 0 Å². The molecule has 3 heterocycles. The average molecular weight is 377 g/mol. The summed E-state index contributed by atoms with van der Waals surface area (Å²) in [5, 5.41) is 10.9. The van der Waals surface area contributed by atoms with Gasteiger partial charge in [-0.25, -0.2) is 0 Å². The third-order valence-electron chi connectivity index (χ3n) is 4.78. The maximum atomic E-state index is 12.8. The standard InChI is InChI=1S/C18H18F3N5O/c1-11-23-17(27-25-11)15-3-2-8-26(15)10-13-9-22-24-16(13)12-4-6-14(7-5-12)18(19,20)21/h4-7,9,15H,2-3,8,10H2,1H3,(H,22,24). The van der Waals surface area contributed by atoms with E-state index in [-0.39, 0.29) is 6.04 Å². The monoisotopic (exact) mass is 377 g/mol. The summed E-state index contributed by atoms with van der Waals surface area (Å²) in [5.41, 5.74) is 1.63. The minimum Gasteiger partial charge on any atom is -0.338 e. The van der Waals surface area contributed by atoms with Gasteiger partial charge < -0.3 is 4.52 Å². The average Bonchev–Trinajstić information content (AvgIpc) is 3.35. The van der Waals surface area contributed by atoms with Crippen LogP contribution in [0.4, 0.5) is 13.2 Å². The molecule has 1 aromatic carbocycles. The number of halogens is 3. The first-order valence-corrected chi connectivity index (χ1v) is 8.66. The Kier molecular flexibility index (Phi) is 4.47. The van der Waals surface area contributed by atoms with Crippen molar-refractivity contribution >= 4 is 0 Å². The molecule has 4 rings (SSSR count). The number of H-pyrrole nitrogens is 1. The van der Waals surface area contributed by atoms with Crippen molar-refractivity contribution in [1.82, 2.24) is 25.2 Å². The largest absolute Gasteiger partial charge is 0.416 e. The molecule has 0 amide bonds. The van der Waals surface area contributed by atoms with Crippen molar-refractivity contribution in [3.8, 4) is 11.3 Å². The van der Waals surface area contributed by atoms with E-state index in [1.165, 1.54) is 12.1 Å². The number of aryl methyl sites for hydroxylation is 1. The zero-order chi connectivity index (χ0) is 19.0. The van der Waals surface area contributed by atoms with Crippen LogP contribution in [0.3, 0.4) is 0 Å². The summed E-state index contributed by atoms with van der Waals surface area (Å²) in [6.07, 6.45) is -0.698. The van der Waals surface area contributed by atoms with Crippen LogP contribution >= 0.6 is 0 Å². The number of benzene rings is 1. The molecular weight excluding hydrogens is 359 g/mol. The number of nitrogens with zero attached hydrogens (tertiary/aromatic N) is 4. The fraction of sp³-hybridized carbons (Fsp3) is 0.389. The lowest BCUT2D eigenvalue weighted by Crippen LogP contribution is -2.23. The number of hydrogen-bond acceptors (Lipinski definition) is 5. The van der Waals surface area contributed by atoms with Crippen molar-refractivity contribution in [3.63, 3.8) is 0 Å². The Bertz CT molecular complexity index is 916. The van der Waals surface area contributed by atoms with Gasteiger partial charge in [0.2, 0.25) is 5.89 Å². The first-order chi connectivity index (χ1) is 12.9. The van der Waals surface area contributed by atoms with E-state index < -0.39 is 11.7 Å². The van der Waals surface area contributed by atoms with Gasteiger partial charge in [-0.3, -0.25) is 10.00 Å². The normalized spacial score (nSPS) is 18.3. The molecule has 142 valence electrons. The third kappa shape index (κ3) is 3.59. The minimum absolute atomic E-state index is 0.0431. The van der Waals surface area contributed by atoms with Gasteiger partial charge in [-0.1, -0.05) is 17.3 Å². The van der Waals surface area contributed by atoms with Crippen LogP contribution in [-0.4, -0.2) is 31.8 Å². The van der Waals surface area contributed by atoms with E-state index in [4.69, 9.17) is 4.52 Å². The summed E-state index contributed by atoms with van der Waals surface area (Å²) in [4.78, 5) is 6.56. The second-order valence-electron chi connectivity index (χ2n) is 6.65. The maximum absolute atomic E-state index is 12.8. The maximum Gasteiger partial charge on any atom is 0.416 e. The molecule has 0 aliphatic carbocycles. The summed E-state index contributed by atoms with van der Waals surface area (Å²) in [7, 11) is 0. The lowest BCUT2D eigenvalue weighted by Gasteiger charge is -2.21. The van der Waals surface area contributed by atoms with E-state index in [9.17, 15) is 13.2 Å². The molecule has 27 heavy (non-hydrogen) atoms. The SMILES string of the molecule is Cc1noc(C2CCCN2Cc2cn[nH]c2-c2ccc(C(F)(F)F)cc2)n1. The van der Waals surface area contributed by atoms with Crippen LogP contribution < -0.4 is 0 Å². The van der Waals surface area contributed by atoms with Gasteiger partial charge in [-0.2, -0.15) is 23.3 Å². The van der Waals surface area contributed by atoms with Crippen LogP contribution in [-0.2, 0) is 12.7 Å². The first kappa shape index (κ1) is 17.7. The molecule has 9 heteroatoms. The summed E-state index contributed by atoms with van der Waals surface area (Å²) in [6, 6.07) is 5.13. The number of aromatic nitrogens is 4. The number of rotatable bonds is 4. The number of nitrogens with one attached hydrogen (secondary N) is 1. The molecule has 1 aliphatic heterocycles. The van der Waals surface area contributed by atoms with Crippen LogP contribution in [0.25, 0.3) is 11.3 Å². The Morgan fingerprint density at radius 3 is 2.70 bits per heavy atom. The number of hydrogen-bond donors (Lipinski definition) is 1. The molecule has 2 aromatic heterocycles. The highest BCUT2D eigenvalue weighted by Gasteiger charge is 2.32. The van der Waals surface area contributed by atoms with Gasteiger partial charge >= 0.3 is 6.18 Å². The molecule has 0 bridgehead atoms. The lowest BCUT2D eigenvalue weighted by atomic mass is 10.1. The lowest BCUT2D eigenvalue weighted by molar-refractivity contribution is -0.137. The molecule has 1 atom stereocenters. The Morgan fingerprint density at radius 1 is 1.26 bits per heavy atom. The van der Waals surface area contributed by atoms with Gasteiger partial charge in [0.1, 0.15) is 0 Å². The second kappa shape index (κ2) is 6.80. The minimum atomic E-state index is -4.35. The fourth-order valence-corrected chi connectivity index (χ4v) is 3.47. The quantitative estimate of drug-likeness (QED) is 0.740. The molecule has 0 spiro atoms. The molecular formula is C18H18F3N5O. The Hall–Kier alpha value is -2.68. The molecule has 1 saturated heterocycles. The van der Waals surface area contributed by atoms with Gasteiger partial charge in [0.05, 0.1) is 23.5 Å². The summed E-state index contributed by atoms with van der Waals surface area (Å²) >= 11 is 0. The predicted molar refractivity (Wildman–Crippen MR) is 90.4 cm³/mol. The van der Waals surface area contributed by atoms with E-state index in [2.05, 4.69) is 25.2 Å². The van der Waals surface area contributed by atoms with Crippen molar-refractivity contribution in [2.24, 2.45) is 0 Å². The highest BCUT2D eigenvalue weighted by atomic mass is 19.4. The van der Waals surface area contributed by atoms with Crippen molar-refractivity contribution in [2.75, 3.05) is 6.54 Å². The van der Waals surface area contributed by atoms with Crippen molar-refractivity contribution in [1.29, 1.82) is 0 Å². The zero-order valence-corrected chi connectivity index (χ0v) is 14.6. The van der Waals surface area contributed by atoms with Gasteiger partial charge in [-0.15, -0.1) is 0 Å². The number of aromatic amines is 1. The fourth-order valence-electron chi connectivity index (χ4n) is 3.47. The first-order valence-electron chi connectivity index (χ1n) is 8.66. The van der Waals surface area contributed by atoms with Crippen LogP contribution in [0, 0.1) is 6.92 Å². The van der Waals surface area contributed by atoms with Gasteiger partial charge in [0.15, 0.2) is 5.82 Å². The highest BCUT2D eigenvalue weighted by Crippen LogP contribution is 2.35. The Balaban J connectivity index is 1.55. The van der Waals surface area contributed by atoms with Gasteiger partial charge in [0.25, 0.3) is 0 Å². The number of likely N-dealkylation sites (tertiary alicyclic amines) is 1. The van der Waals surface area contributed by atoms with E-state index in [0.29, 0.717) is 23.8 Å². The van der Waals surface area contributed by atoms with Crippen LogP contribution in [0.2, 0.25) is 0 Å². The molecule has 0 radical (unpaired) electrons. The molecule has 1 N–H and O–H groups in total. The van der Waals surface area contributed by atoms with Crippen molar-refractivity contribution in [3.05, 3.63) is 53.3 Å². The van der Waals surface area contributed by atoms with E-state index in [1.54, 1.807) is 13.1 Å². The molecule has 1 unspecified atom stereocenters. The number of alkyl halides is 3. The van der Waals surface area contributed by atoms with Gasteiger partial charge in [-0.05, 0) is 44.0 Å². The Labute approximate surface area is 153 Å². The molecule has 1 fully saturated rings. The second-order valence-corrected chi connectivity index (χ2v) is 6.65. The van der Waals surface area contributed by atoms with Crippen LogP contribution in [0.1, 0.15) is 41.7 Å². The van der Waals surface area contributed by atoms with Crippen molar-refractivity contribution in [2.45, 2.75) is 38.5 Å². The Morgan fingerprint density at radius 2 is 2.04 bits per heavy atom. The third-order valence-corrected chi connectivity index (χ3v) is 4.78. The summed E-state index contributed by atoms with van der Waals surface area (Å²) in [5.74, 6) is 1.20. The summed E-state index contributed by atoms with van der Waals surface area (Å²) in [6.45, 7) is 3.26. The van der Waals surface area contributed by atoms with Crippen LogP contribution in [0.15, 0.2) is 35.0 Å². The smallest absolute Gasteiger partial charge is 0.338 e.